The molecule has 0 bridgehead atoms. The Morgan fingerprint density at radius 2 is 2.03 bits per heavy atom. The molecule has 2 heterocycles. The normalized spacial score (nSPS) is 15.1. The Bertz CT molecular complexity index is 1260. The highest BCUT2D eigenvalue weighted by Gasteiger charge is 2.29. The Labute approximate surface area is 172 Å². The summed E-state index contributed by atoms with van der Waals surface area (Å²) in [4.78, 5) is 19.9. The number of rotatable bonds is 5. The van der Waals surface area contributed by atoms with E-state index in [0.29, 0.717) is 5.89 Å². The average Bonchev–Trinajstić information content (AvgIpc) is 3.28. The van der Waals surface area contributed by atoms with Crippen molar-refractivity contribution in [3.8, 4) is 0 Å². The number of hydrogen-bond acceptors (Lipinski definition) is 6. The Kier molecular flexibility index (Phi) is 5.04. The van der Waals surface area contributed by atoms with Crippen molar-refractivity contribution >= 4 is 33.1 Å². The summed E-state index contributed by atoms with van der Waals surface area (Å²) < 4.78 is 33.9. The standard InChI is InChI=1S/C20H15N5O4S/c1-21-14-7-8-16-17(11-14)30(27,28)25-18(24-16)19(26)23-12-15(20-22-9-10-29-20)13-5-3-2-4-6-13/h2-11,15H,12H2,(H,23,26)(H,24,25). The van der Waals surface area contributed by atoms with Gasteiger partial charge in [-0.3, -0.25) is 4.79 Å². The van der Waals surface area contributed by atoms with Gasteiger partial charge in [0.05, 0.1) is 24.4 Å². The first kappa shape index (κ1) is 19.4. The van der Waals surface area contributed by atoms with E-state index in [2.05, 4.69) is 24.9 Å². The zero-order valence-corrected chi connectivity index (χ0v) is 16.3. The smallest absolute Gasteiger partial charge is 0.287 e. The number of anilines is 1. The molecule has 1 aliphatic heterocycles. The quantitative estimate of drug-likeness (QED) is 0.612. The molecule has 150 valence electrons. The summed E-state index contributed by atoms with van der Waals surface area (Å²) >= 11 is 0. The highest BCUT2D eigenvalue weighted by Crippen LogP contribution is 2.31. The third kappa shape index (κ3) is 3.78. The number of aromatic nitrogens is 1. The van der Waals surface area contributed by atoms with Gasteiger partial charge in [-0.1, -0.05) is 36.4 Å². The van der Waals surface area contributed by atoms with Crippen LogP contribution in [-0.4, -0.2) is 31.7 Å². The molecule has 0 spiro atoms. The minimum Gasteiger partial charge on any atom is -0.448 e. The molecule has 30 heavy (non-hydrogen) atoms. The maximum atomic E-state index is 12.7. The van der Waals surface area contributed by atoms with Gasteiger partial charge in [0, 0.05) is 6.54 Å². The number of sulfonamides is 1. The lowest BCUT2D eigenvalue weighted by Crippen LogP contribution is -2.40. The number of fused-ring (bicyclic) bond motifs is 1. The number of oxazole rings is 1. The maximum absolute atomic E-state index is 12.7. The van der Waals surface area contributed by atoms with Crippen LogP contribution in [0.3, 0.4) is 0 Å². The molecular formula is C20H15N5O4S. The third-order valence-corrected chi connectivity index (χ3v) is 5.79. The van der Waals surface area contributed by atoms with Gasteiger partial charge in [-0.2, -0.15) is 8.42 Å². The van der Waals surface area contributed by atoms with Gasteiger partial charge in [-0.15, -0.1) is 4.40 Å². The SMILES string of the molecule is [C-]#[N+]c1ccc2c(c1)S(=O)(=O)N=C(C(=O)NCC(c1ccccc1)c1ncco1)N2. The lowest BCUT2D eigenvalue weighted by molar-refractivity contribution is -0.114. The largest absolute Gasteiger partial charge is 0.448 e. The lowest BCUT2D eigenvalue weighted by atomic mass is 9.99. The summed E-state index contributed by atoms with van der Waals surface area (Å²) in [6.07, 6.45) is 2.96. The van der Waals surface area contributed by atoms with Crippen LogP contribution in [0, 0.1) is 6.57 Å². The van der Waals surface area contributed by atoms with Crippen molar-refractivity contribution in [3.63, 3.8) is 0 Å². The summed E-state index contributed by atoms with van der Waals surface area (Å²) in [6.45, 7) is 7.14. The molecule has 0 saturated heterocycles. The number of nitrogens with one attached hydrogen (secondary N) is 2. The van der Waals surface area contributed by atoms with E-state index in [0.717, 1.165) is 5.56 Å². The summed E-state index contributed by atoms with van der Waals surface area (Å²) in [7, 11) is -4.11. The monoisotopic (exact) mass is 421 g/mol. The first-order chi connectivity index (χ1) is 14.5. The van der Waals surface area contributed by atoms with Crippen molar-refractivity contribution in [2.45, 2.75) is 10.8 Å². The van der Waals surface area contributed by atoms with Crippen LogP contribution in [0.1, 0.15) is 17.4 Å². The average molecular weight is 421 g/mol. The van der Waals surface area contributed by atoms with Crippen molar-refractivity contribution in [3.05, 3.63) is 83.9 Å². The fourth-order valence-electron chi connectivity index (χ4n) is 3.03. The molecule has 0 saturated carbocycles. The van der Waals surface area contributed by atoms with Crippen LogP contribution in [0.4, 0.5) is 11.4 Å². The van der Waals surface area contributed by atoms with Crippen molar-refractivity contribution in [1.82, 2.24) is 10.3 Å². The molecule has 1 aromatic heterocycles. The van der Waals surface area contributed by atoms with Gasteiger partial charge in [0.15, 0.2) is 5.69 Å². The highest BCUT2D eigenvalue weighted by molar-refractivity contribution is 7.90. The van der Waals surface area contributed by atoms with Crippen LogP contribution in [0.2, 0.25) is 0 Å². The first-order valence-corrected chi connectivity index (χ1v) is 10.3. The highest BCUT2D eigenvalue weighted by atomic mass is 32.2. The number of amides is 1. The van der Waals surface area contributed by atoms with Gasteiger partial charge in [0.2, 0.25) is 11.7 Å². The minimum absolute atomic E-state index is 0.119. The molecule has 2 N–H and O–H groups in total. The number of nitrogens with zero attached hydrogens (tertiary/aromatic N) is 3. The molecule has 1 aliphatic rings. The number of benzene rings is 2. The van der Waals surface area contributed by atoms with E-state index >= 15 is 0 Å². The van der Waals surface area contributed by atoms with E-state index in [1.54, 1.807) is 0 Å². The maximum Gasteiger partial charge on any atom is 0.287 e. The molecule has 0 aliphatic carbocycles. The predicted molar refractivity (Wildman–Crippen MR) is 109 cm³/mol. The summed E-state index contributed by atoms with van der Waals surface area (Å²) in [5, 5.41) is 5.40. The lowest BCUT2D eigenvalue weighted by Gasteiger charge is -2.19. The zero-order valence-electron chi connectivity index (χ0n) is 15.4. The second-order valence-corrected chi connectivity index (χ2v) is 7.95. The van der Waals surface area contributed by atoms with E-state index < -0.39 is 15.9 Å². The first-order valence-electron chi connectivity index (χ1n) is 8.84. The van der Waals surface area contributed by atoms with Crippen LogP contribution in [-0.2, 0) is 14.8 Å². The van der Waals surface area contributed by atoms with E-state index in [-0.39, 0.29) is 34.6 Å². The number of carbonyl (C=O) groups excluding carboxylic acids is 1. The van der Waals surface area contributed by atoms with Gasteiger partial charge in [0.25, 0.3) is 15.9 Å². The zero-order chi connectivity index (χ0) is 21.1. The molecule has 2 aromatic carbocycles. The molecule has 1 unspecified atom stereocenters. The van der Waals surface area contributed by atoms with E-state index in [1.165, 1.54) is 30.7 Å². The van der Waals surface area contributed by atoms with Crippen LogP contribution in [0.25, 0.3) is 4.85 Å². The fourth-order valence-corrected chi connectivity index (χ4v) is 4.17. The van der Waals surface area contributed by atoms with Crippen molar-refractivity contribution < 1.29 is 17.6 Å². The summed E-state index contributed by atoms with van der Waals surface area (Å²) in [5.74, 6) is -0.979. The number of amidine groups is 1. The molecule has 3 aromatic rings. The van der Waals surface area contributed by atoms with Gasteiger partial charge >= 0.3 is 0 Å². The van der Waals surface area contributed by atoms with Crippen molar-refractivity contribution in [1.29, 1.82) is 0 Å². The van der Waals surface area contributed by atoms with Crippen LogP contribution in [0.5, 0.6) is 0 Å². The van der Waals surface area contributed by atoms with Gasteiger partial charge in [-0.25, -0.2) is 9.83 Å². The summed E-state index contributed by atoms with van der Waals surface area (Å²) in [6, 6.07) is 13.5. The third-order valence-electron chi connectivity index (χ3n) is 4.47. The number of hydrogen-bond donors (Lipinski definition) is 2. The summed E-state index contributed by atoms with van der Waals surface area (Å²) in [5.41, 5.74) is 1.23. The Balaban J connectivity index is 1.55. The second kappa shape index (κ2) is 7.81. The topological polar surface area (TPSA) is 118 Å². The van der Waals surface area contributed by atoms with Crippen molar-refractivity contribution in [2.75, 3.05) is 11.9 Å². The second-order valence-electron chi connectivity index (χ2n) is 6.38. The Hall–Kier alpha value is -3.97. The molecule has 0 radical (unpaired) electrons. The number of carbonyl (C=O) groups is 1. The van der Waals surface area contributed by atoms with E-state index in [9.17, 15) is 13.2 Å². The Morgan fingerprint density at radius 1 is 1.23 bits per heavy atom. The molecule has 9 nitrogen and oxygen atoms in total. The van der Waals surface area contributed by atoms with Crippen LogP contribution >= 0.6 is 0 Å². The molecular weight excluding hydrogens is 406 g/mol. The Morgan fingerprint density at radius 3 is 2.73 bits per heavy atom. The van der Waals surface area contributed by atoms with Gasteiger partial charge in [0.1, 0.15) is 11.2 Å². The predicted octanol–water partition coefficient (Wildman–Crippen LogP) is 2.69. The van der Waals surface area contributed by atoms with E-state index in [1.807, 2.05) is 30.3 Å². The molecule has 1 amide bonds. The van der Waals surface area contributed by atoms with E-state index in [4.69, 9.17) is 11.0 Å². The molecule has 4 rings (SSSR count). The minimum atomic E-state index is -4.11. The molecule has 10 heteroatoms. The van der Waals surface area contributed by atoms with Crippen LogP contribution < -0.4 is 10.6 Å². The molecule has 1 atom stereocenters. The van der Waals surface area contributed by atoms with Crippen LogP contribution in [0.15, 0.2) is 74.7 Å². The fraction of sp³-hybridized carbons (Fsp3) is 0.100. The van der Waals surface area contributed by atoms with Gasteiger partial charge in [-0.05, 0) is 17.7 Å². The van der Waals surface area contributed by atoms with Crippen molar-refractivity contribution in [2.24, 2.45) is 4.40 Å². The van der Waals surface area contributed by atoms with Gasteiger partial charge < -0.3 is 15.1 Å². The molecule has 0 fully saturated rings.